The van der Waals surface area contributed by atoms with Crippen LogP contribution >= 0.6 is 0 Å². The molecule has 1 aromatic carbocycles. The molecule has 2 nitrogen and oxygen atoms in total. The Morgan fingerprint density at radius 1 is 0.941 bits per heavy atom. The molecule has 0 N–H and O–H groups in total. The molecular weight excluding hydrogens is 223 g/mol. The van der Waals surface area contributed by atoms with Gasteiger partial charge in [-0.3, -0.25) is 9.59 Å². The van der Waals surface area contributed by atoms with E-state index in [0.717, 1.165) is 6.42 Å². The predicted octanol–water partition coefficient (Wildman–Crippen LogP) is 2.06. The molecule has 3 heteroatoms. The summed E-state index contributed by atoms with van der Waals surface area (Å²) in [6, 6.07) is 7.05. The van der Waals surface area contributed by atoms with Gasteiger partial charge in [0.1, 0.15) is 0 Å². The molecule has 0 heterocycles. The van der Waals surface area contributed by atoms with E-state index >= 15 is 0 Å². The van der Waals surface area contributed by atoms with E-state index in [1.807, 2.05) is 6.08 Å². The molecule has 2 aliphatic carbocycles. The van der Waals surface area contributed by atoms with Crippen LogP contribution in [0.15, 0.2) is 47.6 Å². The number of benzene rings is 1. The van der Waals surface area contributed by atoms with Gasteiger partial charge in [0.05, 0.1) is 0 Å². The van der Waals surface area contributed by atoms with Gasteiger partial charge >= 0.3 is 29.6 Å². The van der Waals surface area contributed by atoms with Crippen LogP contribution < -0.4 is 0 Å². The summed E-state index contributed by atoms with van der Waals surface area (Å²) in [5.41, 5.74) is 2.38. The van der Waals surface area contributed by atoms with Gasteiger partial charge in [0, 0.05) is 22.3 Å². The Bertz CT molecular complexity index is 567. The molecule has 0 saturated heterocycles. The first-order chi connectivity index (χ1) is 7.79. The number of allylic oxidation sites excluding steroid dienone is 4. The van der Waals surface area contributed by atoms with Crippen molar-refractivity contribution in [3.63, 3.8) is 0 Å². The molecule has 0 radical (unpaired) electrons. The summed E-state index contributed by atoms with van der Waals surface area (Å²) in [5, 5.41) is 0. The third-order valence-electron chi connectivity index (χ3n) is 3.11. The van der Waals surface area contributed by atoms with Gasteiger partial charge in [0.2, 0.25) is 0 Å². The van der Waals surface area contributed by atoms with Crippen LogP contribution in [-0.2, 0) is 0 Å². The van der Waals surface area contributed by atoms with E-state index in [1.54, 1.807) is 30.3 Å². The Morgan fingerprint density at radius 2 is 1.59 bits per heavy atom. The number of hydrogen-bond donors (Lipinski definition) is 0. The van der Waals surface area contributed by atoms with Crippen LogP contribution in [0.2, 0.25) is 0 Å². The SMILES string of the molecule is O=C1C2=C(CCC=C2)C(=O)c2ccccc21.[NaH]. The van der Waals surface area contributed by atoms with E-state index in [9.17, 15) is 9.59 Å². The molecule has 0 amide bonds. The van der Waals surface area contributed by atoms with Gasteiger partial charge in [-0.2, -0.15) is 0 Å². The van der Waals surface area contributed by atoms with Crippen LogP contribution in [0.25, 0.3) is 0 Å². The van der Waals surface area contributed by atoms with E-state index in [0.29, 0.717) is 28.7 Å². The maximum absolute atomic E-state index is 12.2. The molecule has 0 saturated carbocycles. The summed E-state index contributed by atoms with van der Waals surface area (Å²) >= 11 is 0. The fourth-order valence-electron chi connectivity index (χ4n) is 2.30. The molecule has 2 aliphatic rings. The number of hydrogen-bond acceptors (Lipinski definition) is 2. The molecule has 0 fully saturated rings. The number of carbonyl (C=O) groups excluding carboxylic acids is 2. The second-order valence-corrected chi connectivity index (χ2v) is 4.04. The average molecular weight is 234 g/mol. The molecule has 0 spiro atoms. The first kappa shape index (κ1) is 12.5. The van der Waals surface area contributed by atoms with Crippen LogP contribution in [0.5, 0.6) is 0 Å². The van der Waals surface area contributed by atoms with Crippen molar-refractivity contribution in [3.8, 4) is 0 Å². The van der Waals surface area contributed by atoms with E-state index in [2.05, 4.69) is 0 Å². The van der Waals surface area contributed by atoms with Crippen molar-refractivity contribution in [2.75, 3.05) is 0 Å². The monoisotopic (exact) mass is 234 g/mol. The minimum absolute atomic E-state index is 0. The summed E-state index contributed by atoms with van der Waals surface area (Å²) < 4.78 is 0. The zero-order valence-corrected chi connectivity index (χ0v) is 8.69. The zero-order chi connectivity index (χ0) is 11.1. The number of Topliss-reactive ketones (excluding diaryl/α,β-unsaturated/α-hetero) is 2. The van der Waals surface area contributed by atoms with Crippen LogP contribution in [0.3, 0.4) is 0 Å². The summed E-state index contributed by atoms with van der Waals surface area (Å²) in [6.45, 7) is 0. The molecule has 0 aromatic heterocycles. The Labute approximate surface area is 122 Å². The van der Waals surface area contributed by atoms with Gasteiger partial charge < -0.3 is 0 Å². The molecule has 17 heavy (non-hydrogen) atoms. The van der Waals surface area contributed by atoms with Gasteiger partial charge in [-0.25, -0.2) is 0 Å². The van der Waals surface area contributed by atoms with Crippen molar-refractivity contribution in [3.05, 3.63) is 58.7 Å². The second-order valence-electron chi connectivity index (χ2n) is 4.04. The summed E-state index contributed by atoms with van der Waals surface area (Å²) in [5.74, 6) is 0.00991. The van der Waals surface area contributed by atoms with Crippen molar-refractivity contribution in [2.24, 2.45) is 0 Å². The van der Waals surface area contributed by atoms with Gasteiger partial charge in [-0.05, 0) is 12.8 Å². The number of carbonyl (C=O) groups is 2. The van der Waals surface area contributed by atoms with Crippen LogP contribution in [0.1, 0.15) is 33.6 Å². The zero-order valence-electron chi connectivity index (χ0n) is 8.69. The standard InChI is InChI=1S/C14H10O2.Na.H/c15-13-9-5-1-2-6-10(9)14(16)12-8-4-3-7-11(12)13;;/h1-3,5-7H,4,8H2;;. The summed E-state index contributed by atoms with van der Waals surface area (Å²) in [7, 11) is 0. The molecular formula is C14H11NaO2. The van der Waals surface area contributed by atoms with Crippen LogP contribution in [0, 0.1) is 0 Å². The van der Waals surface area contributed by atoms with Crippen molar-refractivity contribution >= 4 is 41.1 Å². The number of ketones is 2. The third-order valence-corrected chi connectivity index (χ3v) is 3.11. The van der Waals surface area contributed by atoms with Crippen molar-refractivity contribution in [1.82, 2.24) is 0 Å². The van der Waals surface area contributed by atoms with E-state index in [1.165, 1.54) is 0 Å². The van der Waals surface area contributed by atoms with Crippen molar-refractivity contribution in [1.29, 1.82) is 0 Å². The average Bonchev–Trinajstić information content (AvgIpc) is 2.36. The minimum atomic E-state index is -0.0128. The summed E-state index contributed by atoms with van der Waals surface area (Å²) in [4.78, 5) is 24.3. The Kier molecular flexibility index (Phi) is 3.48. The molecule has 0 bridgehead atoms. The van der Waals surface area contributed by atoms with E-state index in [4.69, 9.17) is 0 Å². The normalized spacial score (nSPS) is 17.4. The van der Waals surface area contributed by atoms with Crippen molar-refractivity contribution in [2.45, 2.75) is 12.8 Å². The molecule has 0 atom stereocenters. The molecule has 0 aliphatic heterocycles. The Hall–Kier alpha value is -0.960. The molecule has 1 aromatic rings. The maximum atomic E-state index is 12.2. The quantitative estimate of drug-likeness (QED) is 0.644. The first-order valence-corrected chi connectivity index (χ1v) is 5.37. The van der Waals surface area contributed by atoms with Crippen molar-refractivity contribution < 1.29 is 9.59 Å². The van der Waals surface area contributed by atoms with Gasteiger partial charge in [0.15, 0.2) is 11.6 Å². The molecule has 3 rings (SSSR count). The fraction of sp³-hybridized carbons (Fsp3) is 0.143. The van der Waals surface area contributed by atoms with Gasteiger partial charge in [-0.1, -0.05) is 36.4 Å². The second kappa shape index (κ2) is 4.73. The molecule has 0 unspecified atom stereocenters. The van der Waals surface area contributed by atoms with E-state index < -0.39 is 0 Å². The molecule has 80 valence electrons. The predicted molar refractivity (Wildman–Crippen MR) is 67.7 cm³/mol. The van der Waals surface area contributed by atoms with Gasteiger partial charge in [0.25, 0.3) is 0 Å². The van der Waals surface area contributed by atoms with Crippen LogP contribution in [-0.4, -0.2) is 41.1 Å². The van der Waals surface area contributed by atoms with Gasteiger partial charge in [-0.15, -0.1) is 0 Å². The van der Waals surface area contributed by atoms with E-state index in [-0.39, 0.29) is 41.1 Å². The first-order valence-electron chi connectivity index (χ1n) is 5.37. The summed E-state index contributed by atoms with van der Waals surface area (Å²) in [6.07, 6.45) is 5.28. The number of rotatable bonds is 0. The Morgan fingerprint density at radius 3 is 2.29 bits per heavy atom. The third kappa shape index (κ3) is 1.86. The Balaban J connectivity index is 0.00000108. The fourth-order valence-corrected chi connectivity index (χ4v) is 2.30. The van der Waals surface area contributed by atoms with Crippen LogP contribution in [0.4, 0.5) is 0 Å². The number of fused-ring (bicyclic) bond motifs is 1. The topological polar surface area (TPSA) is 34.1 Å².